The number of hydrogen-bond donors (Lipinski definition) is 1. The molecule has 0 atom stereocenters. The monoisotopic (exact) mass is 289 g/mol. The lowest BCUT2D eigenvalue weighted by Crippen LogP contribution is -2.08. The van der Waals surface area contributed by atoms with E-state index < -0.39 is 0 Å². The molecular formula is C19H15NO2. The lowest BCUT2D eigenvalue weighted by atomic mass is 10.1. The van der Waals surface area contributed by atoms with Crippen molar-refractivity contribution in [2.45, 2.75) is 12.8 Å². The van der Waals surface area contributed by atoms with Crippen molar-refractivity contribution in [3.05, 3.63) is 75.6 Å². The Balaban J connectivity index is 1.92. The Kier molecular flexibility index (Phi) is 2.86. The summed E-state index contributed by atoms with van der Waals surface area (Å²) in [6.07, 6.45) is 3.65. The van der Waals surface area contributed by atoms with Gasteiger partial charge >= 0.3 is 0 Å². The average Bonchev–Trinajstić information content (AvgIpc) is 2.93. The third-order valence-electron chi connectivity index (χ3n) is 4.08. The highest BCUT2D eigenvalue weighted by atomic mass is 16.3. The van der Waals surface area contributed by atoms with Crippen LogP contribution in [0, 0.1) is 0 Å². The Bertz CT molecular complexity index is 952. The molecule has 1 aliphatic rings. The molecule has 0 saturated carbocycles. The number of nitrogen functional groups attached to an aromatic ring is 1. The van der Waals surface area contributed by atoms with Crippen LogP contribution in [0.2, 0.25) is 0 Å². The van der Waals surface area contributed by atoms with Gasteiger partial charge in [-0.25, -0.2) is 0 Å². The number of hydrogen-bond acceptors (Lipinski definition) is 3. The van der Waals surface area contributed by atoms with Crippen molar-refractivity contribution >= 4 is 28.3 Å². The quantitative estimate of drug-likeness (QED) is 0.692. The van der Waals surface area contributed by atoms with Crippen LogP contribution in [-0.2, 0) is 6.42 Å². The second-order valence-corrected chi connectivity index (χ2v) is 5.57. The van der Waals surface area contributed by atoms with Crippen LogP contribution in [0.15, 0.2) is 57.7 Å². The molecule has 0 fully saturated rings. The summed E-state index contributed by atoms with van der Waals surface area (Å²) in [4.78, 5) is 12.6. The van der Waals surface area contributed by atoms with E-state index in [1.54, 1.807) is 18.2 Å². The fraction of sp³-hybridized carbons (Fsp3) is 0.105. The van der Waals surface area contributed by atoms with Crippen molar-refractivity contribution in [1.82, 2.24) is 0 Å². The molecule has 0 radical (unpaired) electrons. The summed E-state index contributed by atoms with van der Waals surface area (Å²) in [5.41, 5.74) is 9.96. The van der Waals surface area contributed by atoms with E-state index in [1.807, 2.05) is 30.3 Å². The number of fused-ring (bicyclic) bond motifs is 2. The van der Waals surface area contributed by atoms with Gasteiger partial charge in [0.25, 0.3) is 0 Å². The molecule has 0 unspecified atom stereocenters. The maximum atomic E-state index is 12.6. The predicted octanol–water partition coefficient (Wildman–Crippen LogP) is 3.86. The summed E-state index contributed by atoms with van der Waals surface area (Å²) >= 11 is 0. The molecule has 0 saturated heterocycles. The van der Waals surface area contributed by atoms with Gasteiger partial charge in [0.15, 0.2) is 5.43 Å². The van der Waals surface area contributed by atoms with E-state index in [-0.39, 0.29) is 5.43 Å². The Hall–Kier alpha value is -2.81. The number of anilines is 1. The molecule has 22 heavy (non-hydrogen) atoms. The largest absolute Gasteiger partial charge is 0.456 e. The zero-order valence-corrected chi connectivity index (χ0v) is 12.0. The Morgan fingerprint density at radius 3 is 2.68 bits per heavy atom. The summed E-state index contributed by atoms with van der Waals surface area (Å²) in [6.45, 7) is 0. The summed E-state index contributed by atoms with van der Waals surface area (Å²) in [7, 11) is 0. The van der Waals surface area contributed by atoms with Crippen LogP contribution >= 0.6 is 0 Å². The molecule has 1 heterocycles. The summed E-state index contributed by atoms with van der Waals surface area (Å²) in [5.74, 6) is 0.728. The minimum Gasteiger partial charge on any atom is -0.456 e. The first-order valence-corrected chi connectivity index (χ1v) is 7.33. The van der Waals surface area contributed by atoms with Gasteiger partial charge in [0.05, 0.1) is 5.39 Å². The fourth-order valence-corrected chi connectivity index (χ4v) is 3.00. The molecule has 4 rings (SSSR count). The van der Waals surface area contributed by atoms with Gasteiger partial charge in [0, 0.05) is 11.3 Å². The van der Waals surface area contributed by atoms with Crippen molar-refractivity contribution in [2.24, 2.45) is 0 Å². The molecule has 2 N–H and O–H groups in total. The number of nitrogens with two attached hydrogens (primary N) is 1. The van der Waals surface area contributed by atoms with Crippen molar-refractivity contribution < 1.29 is 4.42 Å². The molecule has 0 aliphatic heterocycles. The van der Waals surface area contributed by atoms with Crippen molar-refractivity contribution in [3.63, 3.8) is 0 Å². The van der Waals surface area contributed by atoms with Crippen molar-refractivity contribution in [1.29, 1.82) is 0 Å². The van der Waals surface area contributed by atoms with Gasteiger partial charge in [-0.2, -0.15) is 0 Å². The number of benzene rings is 2. The predicted molar refractivity (Wildman–Crippen MR) is 89.5 cm³/mol. The molecule has 0 amide bonds. The highest BCUT2D eigenvalue weighted by molar-refractivity contribution is 5.88. The Morgan fingerprint density at radius 2 is 1.86 bits per heavy atom. The second kappa shape index (κ2) is 4.88. The topological polar surface area (TPSA) is 56.2 Å². The van der Waals surface area contributed by atoms with E-state index in [1.165, 1.54) is 0 Å². The molecule has 0 spiro atoms. The Morgan fingerprint density at radius 1 is 1.05 bits per heavy atom. The highest BCUT2D eigenvalue weighted by Crippen LogP contribution is 2.34. The van der Waals surface area contributed by atoms with Crippen LogP contribution in [0.4, 0.5) is 5.69 Å². The van der Waals surface area contributed by atoms with Gasteiger partial charge in [-0.15, -0.1) is 0 Å². The van der Waals surface area contributed by atoms with E-state index in [2.05, 4.69) is 6.08 Å². The zero-order chi connectivity index (χ0) is 15.1. The molecule has 3 nitrogen and oxygen atoms in total. The zero-order valence-electron chi connectivity index (χ0n) is 12.0. The SMILES string of the molecule is Nc1ccc2oc3c(c(=O)c2c1)CCC3=Cc1ccccc1. The molecule has 1 aliphatic carbocycles. The average molecular weight is 289 g/mol. The van der Waals surface area contributed by atoms with E-state index >= 15 is 0 Å². The smallest absolute Gasteiger partial charge is 0.196 e. The lowest BCUT2D eigenvalue weighted by Gasteiger charge is -2.04. The first-order valence-electron chi connectivity index (χ1n) is 7.33. The molecular weight excluding hydrogens is 274 g/mol. The van der Waals surface area contributed by atoms with Crippen LogP contribution in [0.3, 0.4) is 0 Å². The van der Waals surface area contributed by atoms with Gasteiger partial charge < -0.3 is 10.2 Å². The van der Waals surface area contributed by atoms with E-state index in [0.717, 1.165) is 35.3 Å². The Labute approximate surface area is 127 Å². The summed E-state index contributed by atoms with van der Waals surface area (Å²) < 4.78 is 6.00. The van der Waals surface area contributed by atoms with Crippen molar-refractivity contribution in [2.75, 3.05) is 5.73 Å². The summed E-state index contributed by atoms with van der Waals surface area (Å²) in [6, 6.07) is 15.3. The number of rotatable bonds is 1. The first kappa shape index (κ1) is 12.9. The maximum absolute atomic E-state index is 12.6. The van der Waals surface area contributed by atoms with Gasteiger partial charge in [0.2, 0.25) is 0 Å². The highest BCUT2D eigenvalue weighted by Gasteiger charge is 2.23. The van der Waals surface area contributed by atoms with Gasteiger partial charge in [-0.3, -0.25) is 4.79 Å². The standard InChI is InChI=1S/C19H15NO2/c20-14-7-9-17-16(11-14)18(21)15-8-6-13(19(15)22-17)10-12-4-2-1-3-5-12/h1-5,7,9-11H,6,8,20H2. The van der Waals surface area contributed by atoms with Crippen LogP contribution in [0.1, 0.15) is 23.3 Å². The normalized spacial score (nSPS) is 15.4. The van der Waals surface area contributed by atoms with E-state index in [9.17, 15) is 4.79 Å². The van der Waals surface area contributed by atoms with Gasteiger partial charge in [-0.05, 0) is 48.3 Å². The molecule has 108 valence electrons. The molecule has 3 heteroatoms. The summed E-state index contributed by atoms with van der Waals surface area (Å²) in [5, 5.41) is 0.569. The minimum absolute atomic E-state index is 0.0417. The van der Waals surface area contributed by atoms with Crippen molar-refractivity contribution in [3.8, 4) is 0 Å². The second-order valence-electron chi connectivity index (χ2n) is 5.57. The third kappa shape index (κ3) is 2.02. The molecule has 1 aromatic heterocycles. The van der Waals surface area contributed by atoms with E-state index in [4.69, 9.17) is 10.2 Å². The van der Waals surface area contributed by atoms with Crippen LogP contribution in [0.5, 0.6) is 0 Å². The maximum Gasteiger partial charge on any atom is 0.196 e. The third-order valence-corrected chi connectivity index (χ3v) is 4.08. The van der Waals surface area contributed by atoms with Crippen LogP contribution in [-0.4, -0.2) is 0 Å². The molecule has 3 aromatic rings. The van der Waals surface area contributed by atoms with E-state index in [0.29, 0.717) is 16.7 Å². The fourth-order valence-electron chi connectivity index (χ4n) is 3.00. The minimum atomic E-state index is 0.0417. The lowest BCUT2D eigenvalue weighted by molar-refractivity contribution is 0.585. The molecule has 2 aromatic carbocycles. The van der Waals surface area contributed by atoms with Crippen LogP contribution in [0.25, 0.3) is 22.6 Å². The molecule has 0 bridgehead atoms. The van der Waals surface area contributed by atoms with Crippen LogP contribution < -0.4 is 11.2 Å². The number of allylic oxidation sites excluding steroid dienone is 1. The van der Waals surface area contributed by atoms with Gasteiger partial charge in [-0.1, -0.05) is 30.3 Å². The van der Waals surface area contributed by atoms with Gasteiger partial charge in [0.1, 0.15) is 11.3 Å². The first-order chi connectivity index (χ1) is 10.7.